The number of amides is 1. The van der Waals surface area contributed by atoms with Gasteiger partial charge in [0.1, 0.15) is 5.75 Å². The highest BCUT2D eigenvalue weighted by atomic mass is 79.9. The Balaban J connectivity index is 1.88. The van der Waals surface area contributed by atoms with Gasteiger partial charge in [0.2, 0.25) is 5.91 Å². The minimum Gasteiger partial charge on any atom is -0.496 e. The van der Waals surface area contributed by atoms with Crippen molar-refractivity contribution >= 4 is 39.1 Å². The lowest BCUT2D eigenvalue weighted by atomic mass is 10.1. The molecule has 0 bridgehead atoms. The van der Waals surface area contributed by atoms with Crippen LogP contribution in [0.1, 0.15) is 18.5 Å². The van der Waals surface area contributed by atoms with E-state index in [9.17, 15) is 4.79 Å². The number of ether oxygens (including phenoxy) is 1. The number of halogens is 2. The SMILES string of the molecule is COc1ccc(C(C)NCC(=O)Nc2ccc(Cl)cc2)cc1Br. The van der Waals surface area contributed by atoms with E-state index in [1.807, 2.05) is 25.1 Å². The standard InChI is InChI=1S/C17H18BrClN2O2/c1-11(12-3-8-16(23-2)15(18)9-12)20-10-17(22)21-14-6-4-13(19)5-7-14/h3-9,11,20H,10H2,1-2H3,(H,21,22). The molecule has 1 atom stereocenters. The molecule has 1 amide bonds. The summed E-state index contributed by atoms with van der Waals surface area (Å²) >= 11 is 9.28. The quantitative estimate of drug-likeness (QED) is 0.759. The molecule has 0 radical (unpaired) electrons. The fraction of sp³-hybridized carbons (Fsp3) is 0.235. The third-order valence-electron chi connectivity index (χ3n) is 3.37. The molecule has 0 fully saturated rings. The van der Waals surface area contributed by atoms with E-state index in [1.54, 1.807) is 31.4 Å². The Bertz CT molecular complexity index is 677. The van der Waals surface area contributed by atoms with E-state index in [1.165, 1.54) is 0 Å². The van der Waals surface area contributed by atoms with Crippen molar-refractivity contribution in [2.24, 2.45) is 0 Å². The van der Waals surface area contributed by atoms with Gasteiger partial charge in [0.25, 0.3) is 0 Å². The number of carbonyl (C=O) groups excluding carboxylic acids is 1. The Morgan fingerprint density at radius 1 is 1.26 bits per heavy atom. The molecular formula is C17H18BrClN2O2. The number of benzene rings is 2. The van der Waals surface area contributed by atoms with Crippen LogP contribution in [0.2, 0.25) is 5.02 Å². The molecule has 0 aliphatic rings. The second kappa shape index (κ2) is 8.34. The van der Waals surface area contributed by atoms with E-state index in [0.29, 0.717) is 5.02 Å². The van der Waals surface area contributed by atoms with Crippen LogP contribution in [0.3, 0.4) is 0 Å². The van der Waals surface area contributed by atoms with E-state index in [2.05, 4.69) is 26.6 Å². The summed E-state index contributed by atoms with van der Waals surface area (Å²) < 4.78 is 6.10. The van der Waals surface area contributed by atoms with E-state index in [4.69, 9.17) is 16.3 Å². The van der Waals surface area contributed by atoms with Gasteiger partial charge in [0.15, 0.2) is 0 Å². The van der Waals surface area contributed by atoms with Crippen LogP contribution in [-0.2, 0) is 4.79 Å². The lowest BCUT2D eigenvalue weighted by Crippen LogP contribution is -2.30. The van der Waals surface area contributed by atoms with Gasteiger partial charge in [0, 0.05) is 16.8 Å². The smallest absolute Gasteiger partial charge is 0.238 e. The van der Waals surface area contributed by atoms with Crippen LogP contribution in [0.25, 0.3) is 0 Å². The van der Waals surface area contributed by atoms with Crippen molar-refractivity contribution in [2.75, 3.05) is 19.0 Å². The van der Waals surface area contributed by atoms with Gasteiger partial charge in [-0.1, -0.05) is 17.7 Å². The number of hydrogen-bond donors (Lipinski definition) is 2. The van der Waals surface area contributed by atoms with Crippen LogP contribution in [0.4, 0.5) is 5.69 Å². The molecule has 0 saturated carbocycles. The Labute approximate surface area is 149 Å². The maximum absolute atomic E-state index is 12.0. The van der Waals surface area contributed by atoms with Crippen LogP contribution in [0.15, 0.2) is 46.9 Å². The molecule has 0 saturated heterocycles. The molecule has 0 aromatic heterocycles. The Kier molecular flexibility index (Phi) is 6.45. The predicted octanol–water partition coefficient (Wildman–Crippen LogP) is 4.40. The predicted molar refractivity (Wildman–Crippen MR) is 97.2 cm³/mol. The van der Waals surface area contributed by atoms with E-state index >= 15 is 0 Å². The monoisotopic (exact) mass is 396 g/mol. The summed E-state index contributed by atoms with van der Waals surface area (Å²) in [7, 11) is 1.63. The van der Waals surface area contributed by atoms with Gasteiger partial charge in [0.05, 0.1) is 18.1 Å². The first-order valence-corrected chi connectivity index (χ1v) is 8.29. The van der Waals surface area contributed by atoms with E-state index < -0.39 is 0 Å². The highest BCUT2D eigenvalue weighted by molar-refractivity contribution is 9.10. The maximum atomic E-state index is 12.0. The minimum absolute atomic E-state index is 0.0353. The molecule has 0 aliphatic carbocycles. The summed E-state index contributed by atoms with van der Waals surface area (Å²) in [6.45, 7) is 2.22. The third-order valence-corrected chi connectivity index (χ3v) is 4.24. The van der Waals surface area contributed by atoms with Crippen LogP contribution >= 0.6 is 27.5 Å². The van der Waals surface area contributed by atoms with Crippen molar-refractivity contribution in [3.8, 4) is 5.75 Å². The number of nitrogens with one attached hydrogen (secondary N) is 2. The van der Waals surface area contributed by atoms with Crippen LogP contribution in [0.5, 0.6) is 5.75 Å². The summed E-state index contributed by atoms with van der Waals surface area (Å²) in [5, 5.41) is 6.65. The fourth-order valence-electron chi connectivity index (χ4n) is 2.05. The van der Waals surface area contributed by atoms with E-state index in [0.717, 1.165) is 21.5 Å². The van der Waals surface area contributed by atoms with Gasteiger partial charge in [-0.25, -0.2) is 0 Å². The highest BCUT2D eigenvalue weighted by Gasteiger charge is 2.10. The summed E-state index contributed by atoms with van der Waals surface area (Å²) in [6, 6.07) is 12.9. The van der Waals surface area contributed by atoms with Crippen LogP contribution < -0.4 is 15.4 Å². The lowest BCUT2D eigenvalue weighted by Gasteiger charge is -2.15. The summed E-state index contributed by atoms with van der Waals surface area (Å²) in [5.41, 5.74) is 1.79. The molecule has 23 heavy (non-hydrogen) atoms. The molecule has 6 heteroatoms. The maximum Gasteiger partial charge on any atom is 0.238 e. The zero-order valence-corrected chi connectivity index (χ0v) is 15.2. The van der Waals surface area contributed by atoms with Gasteiger partial charge in [-0.15, -0.1) is 0 Å². The molecule has 0 spiro atoms. The Morgan fingerprint density at radius 3 is 2.57 bits per heavy atom. The van der Waals surface area contributed by atoms with Crippen molar-refractivity contribution in [3.63, 3.8) is 0 Å². The third kappa shape index (κ3) is 5.23. The molecule has 2 aromatic rings. The summed E-state index contributed by atoms with van der Waals surface area (Å²) in [6.07, 6.45) is 0. The van der Waals surface area contributed by atoms with Crippen LogP contribution in [0, 0.1) is 0 Å². The normalized spacial score (nSPS) is 11.8. The number of methoxy groups -OCH3 is 1. The molecule has 122 valence electrons. The lowest BCUT2D eigenvalue weighted by molar-refractivity contribution is -0.115. The molecule has 0 aliphatic heterocycles. The van der Waals surface area contributed by atoms with Crippen molar-refractivity contribution in [1.82, 2.24) is 5.32 Å². The Hall–Kier alpha value is -1.56. The minimum atomic E-state index is -0.105. The number of rotatable bonds is 6. The van der Waals surface area contributed by atoms with Gasteiger partial charge in [-0.05, 0) is 64.8 Å². The topological polar surface area (TPSA) is 50.4 Å². The molecule has 4 nitrogen and oxygen atoms in total. The average molecular weight is 398 g/mol. The number of anilines is 1. The molecule has 2 N–H and O–H groups in total. The first-order chi connectivity index (χ1) is 11.0. The van der Waals surface area contributed by atoms with Gasteiger partial charge in [-0.2, -0.15) is 0 Å². The van der Waals surface area contributed by atoms with E-state index in [-0.39, 0.29) is 18.5 Å². The number of hydrogen-bond acceptors (Lipinski definition) is 3. The first-order valence-electron chi connectivity index (χ1n) is 7.12. The van der Waals surface area contributed by atoms with Gasteiger partial charge >= 0.3 is 0 Å². The molecular weight excluding hydrogens is 380 g/mol. The van der Waals surface area contributed by atoms with Crippen molar-refractivity contribution in [1.29, 1.82) is 0 Å². The second-order valence-electron chi connectivity index (χ2n) is 5.05. The largest absolute Gasteiger partial charge is 0.496 e. The Morgan fingerprint density at radius 2 is 1.96 bits per heavy atom. The first kappa shape index (κ1) is 17.8. The number of carbonyl (C=O) groups is 1. The zero-order valence-electron chi connectivity index (χ0n) is 12.9. The van der Waals surface area contributed by atoms with Crippen LogP contribution in [-0.4, -0.2) is 19.6 Å². The fourth-order valence-corrected chi connectivity index (χ4v) is 2.74. The second-order valence-corrected chi connectivity index (χ2v) is 6.34. The summed E-state index contributed by atoms with van der Waals surface area (Å²) in [4.78, 5) is 12.0. The molecule has 2 aromatic carbocycles. The van der Waals surface area contributed by atoms with Crippen molar-refractivity contribution in [2.45, 2.75) is 13.0 Å². The molecule has 1 unspecified atom stereocenters. The molecule has 0 heterocycles. The van der Waals surface area contributed by atoms with Crippen molar-refractivity contribution in [3.05, 3.63) is 57.5 Å². The summed E-state index contributed by atoms with van der Waals surface area (Å²) in [5.74, 6) is 0.674. The zero-order chi connectivity index (χ0) is 16.8. The average Bonchev–Trinajstić information content (AvgIpc) is 2.54. The van der Waals surface area contributed by atoms with Crippen molar-refractivity contribution < 1.29 is 9.53 Å². The van der Waals surface area contributed by atoms with Gasteiger partial charge in [-0.3, -0.25) is 4.79 Å². The molecule has 2 rings (SSSR count). The van der Waals surface area contributed by atoms with Gasteiger partial charge < -0.3 is 15.4 Å². The highest BCUT2D eigenvalue weighted by Crippen LogP contribution is 2.27.